The largest absolute Gasteiger partial charge is 0.434 e. The predicted molar refractivity (Wildman–Crippen MR) is 112 cm³/mol. The zero-order valence-electron chi connectivity index (χ0n) is 17.4. The molecule has 4 amide bonds. The molecule has 0 radical (unpaired) electrons. The highest BCUT2D eigenvalue weighted by atomic mass is 35.5. The van der Waals surface area contributed by atoms with Crippen LogP contribution in [0.5, 0.6) is 0 Å². The van der Waals surface area contributed by atoms with Crippen molar-refractivity contribution >= 4 is 29.4 Å². The highest BCUT2D eigenvalue weighted by Crippen LogP contribution is 2.35. The number of hydrogen-bond donors (Lipinski definition) is 2. The van der Waals surface area contributed by atoms with Crippen molar-refractivity contribution in [2.75, 3.05) is 13.1 Å². The molecule has 0 atom stereocenters. The molecule has 2 heterocycles. The summed E-state index contributed by atoms with van der Waals surface area (Å²) >= 11 is 5.79. The second-order valence-corrected chi connectivity index (χ2v) is 8.51. The molecule has 12 heteroatoms. The molecule has 1 aliphatic heterocycles. The van der Waals surface area contributed by atoms with E-state index in [0.717, 1.165) is 23.9 Å². The third-order valence-corrected chi connectivity index (χ3v) is 6.15. The van der Waals surface area contributed by atoms with E-state index < -0.39 is 34.9 Å². The second-order valence-electron chi connectivity index (χ2n) is 8.08. The van der Waals surface area contributed by atoms with Gasteiger partial charge in [0.15, 0.2) is 5.69 Å². The number of benzene rings is 1. The van der Waals surface area contributed by atoms with Crippen LogP contribution in [-0.2, 0) is 11.0 Å². The van der Waals surface area contributed by atoms with Crippen LogP contribution >= 0.6 is 11.6 Å². The van der Waals surface area contributed by atoms with Gasteiger partial charge in [0.1, 0.15) is 5.54 Å². The maximum Gasteiger partial charge on any atom is 0.434 e. The van der Waals surface area contributed by atoms with Gasteiger partial charge in [-0.05, 0) is 43.5 Å². The van der Waals surface area contributed by atoms with E-state index in [1.807, 2.05) is 0 Å². The first kappa shape index (κ1) is 23.1. The molecule has 2 fully saturated rings. The number of imide groups is 1. The quantitative estimate of drug-likeness (QED) is 0.485. The number of aromatic nitrogens is 2. The first-order valence-electron chi connectivity index (χ1n) is 10.5. The van der Waals surface area contributed by atoms with Crippen molar-refractivity contribution < 1.29 is 27.6 Å². The molecule has 2 aromatic rings. The average molecular weight is 484 g/mol. The third-order valence-electron chi connectivity index (χ3n) is 5.90. The smallest absolute Gasteiger partial charge is 0.352 e. The van der Waals surface area contributed by atoms with Crippen LogP contribution in [0.25, 0.3) is 5.69 Å². The number of amides is 4. The van der Waals surface area contributed by atoms with Crippen molar-refractivity contribution in [1.82, 2.24) is 25.3 Å². The summed E-state index contributed by atoms with van der Waals surface area (Å²) < 4.78 is 41.8. The van der Waals surface area contributed by atoms with Crippen LogP contribution in [0.3, 0.4) is 0 Å². The number of urea groups is 1. The molecule has 176 valence electrons. The van der Waals surface area contributed by atoms with Gasteiger partial charge < -0.3 is 10.6 Å². The number of halogens is 4. The van der Waals surface area contributed by atoms with E-state index in [9.17, 15) is 27.6 Å². The van der Waals surface area contributed by atoms with Gasteiger partial charge in [-0.2, -0.15) is 18.3 Å². The average Bonchev–Trinajstić information content (AvgIpc) is 3.46. The minimum Gasteiger partial charge on any atom is -0.352 e. The summed E-state index contributed by atoms with van der Waals surface area (Å²) in [5, 5.41) is 9.26. The summed E-state index contributed by atoms with van der Waals surface area (Å²) in [6.45, 7) is 0.0369. The van der Waals surface area contributed by atoms with Gasteiger partial charge in [0, 0.05) is 18.1 Å². The number of carbonyl (C=O) groups excluding carboxylic acids is 3. The summed E-state index contributed by atoms with van der Waals surface area (Å²) in [4.78, 5) is 38.4. The molecule has 1 aliphatic carbocycles. The van der Waals surface area contributed by atoms with Crippen molar-refractivity contribution in [2.24, 2.45) is 0 Å². The Balaban J connectivity index is 1.40. The SMILES string of the molecule is O=C(NCCCN1C(=O)NC2(CCCC2)C1=O)c1cnn(-c2ccc(Cl)cc2)c1C(F)(F)F. The number of rotatable bonds is 6. The van der Waals surface area contributed by atoms with E-state index >= 15 is 0 Å². The van der Waals surface area contributed by atoms with Crippen molar-refractivity contribution in [3.05, 3.63) is 46.7 Å². The van der Waals surface area contributed by atoms with Gasteiger partial charge in [0.25, 0.3) is 11.8 Å². The maximum atomic E-state index is 13.7. The van der Waals surface area contributed by atoms with Crippen LogP contribution < -0.4 is 10.6 Å². The highest BCUT2D eigenvalue weighted by molar-refractivity contribution is 6.30. The summed E-state index contributed by atoms with van der Waals surface area (Å²) in [5.74, 6) is -1.23. The van der Waals surface area contributed by atoms with Crippen molar-refractivity contribution in [1.29, 1.82) is 0 Å². The lowest BCUT2D eigenvalue weighted by Crippen LogP contribution is -2.44. The van der Waals surface area contributed by atoms with Crippen LogP contribution in [0.4, 0.5) is 18.0 Å². The van der Waals surface area contributed by atoms with Gasteiger partial charge in [-0.25, -0.2) is 9.48 Å². The van der Waals surface area contributed by atoms with Crippen molar-refractivity contribution in [2.45, 2.75) is 43.8 Å². The number of carbonyl (C=O) groups is 3. The van der Waals surface area contributed by atoms with Crippen LogP contribution in [0, 0.1) is 0 Å². The lowest BCUT2D eigenvalue weighted by atomic mass is 9.98. The lowest BCUT2D eigenvalue weighted by molar-refractivity contribution is -0.143. The highest BCUT2D eigenvalue weighted by Gasteiger charge is 2.52. The zero-order valence-corrected chi connectivity index (χ0v) is 18.2. The molecule has 1 saturated carbocycles. The monoisotopic (exact) mass is 483 g/mol. The number of hydrogen-bond acceptors (Lipinski definition) is 4. The first-order valence-corrected chi connectivity index (χ1v) is 10.8. The van der Waals surface area contributed by atoms with E-state index in [4.69, 9.17) is 11.6 Å². The van der Waals surface area contributed by atoms with Gasteiger partial charge in [-0.3, -0.25) is 14.5 Å². The van der Waals surface area contributed by atoms with E-state index in [2.05, 4.69) is 15.7 Å². The molecule has 2 aliphatic rings. The van der Waals surface area contributed by atoms with Crippen LogP contribution in [0.1, 0.15) is 48.2 Å². The molecule has 4 rings (SSSR count). The van der Waals surface area contributed by atoms with Gasteiger partial charge in [0.05, 0.1) is 17.4 Å². The Morgan fingerprint density at radius 2 is 1.85 bits per heavy atom. The Morgan fingerprint density at radius 1 is 1.18 bits per heavy atom. The Hall–Kier alpha value is -3.08. The van der Waals surface area contributed by atoms with E-state index in [1.54, 1.807) is 0 Å². The molecule has 2 N–H and O–H groups in total. The first-order chi connectivity index (χ1) is 15.6. The Kier molecular flexibility index (Phi) is 6.08. The fourth-order valence-corrected chi connectivity index (χ4v) is 4.42. The van der Waals surface area contributed by atoms with Crippen LogP contribution in [0.15, 0.2) is 30.5 Å². The number of alkyl halides is 3. The molecule has 1 aromatic heterocycles. The molecule has 8 nitrogen and oxygen atoms in total. The van der Waals surface area contributed by atoms with E-state index in [0.29, 0.717) is 22.5 Å². The molecular weight excluding hydrogens is 463 g/mol. The van der Waals surface area contributed by atoms with Crippen LogP contribution in [0.2, 0.25) is 5.02 Å². The van der Waals surface area contributed by atoms with Crippen LogP contribution in [-0.4, -0.2) is 51.2 Å². The van der Waals surface area contributed by atoms with Gasteiger partial charge in [0.2, 0.25) is 0 Å². The summed E-state index contributed by atoms with van der Waals surface area (Å²) in [7, 11) is 0. The normalized spacial score (nSPS) is 17.6. The molecular formula is C21H21ClF3N5O3. The molecule has 0 bridgehead atoms. The zero-order chi connectivity index (χ0) is 23.8. The number of nitrogens with zero attached hydrogens (tertiary/aromatic N) is 3. The van der Waals surface area contributed by atoms with Gasteiger partial charge in [-0.15, -0.1) is 0 Å². The molecule has 1 saturated heterocycles. The topological polar surface area (TPSA) is 96.3 Å². The van der Waals surface area contributed by atoms with Crippen molar-refractivity contribution in [3.8, 4) is 5.69 Å². The minimum absolute atomic E-state index is 0.0215. The second kappa shape index (κ2) is 8.69. The van der Waals surface area contributed by atoms with Gasteiger partial charge >= 0.3 is 12.2 Å². The fraction of sp³-hybridized carbons (Fsp3) is 0.429. The minimum atomic E-state index is -4.83. The number of nitrogens with one attached hydrogen (secondary N) is 2. The molecule has 1 aromatic carbocycles. The predicted octanol–water partition coefficient (Wildman–Crippen LogP) is 3.53. The molecule has 33 heavy (non-hydrogen) atoms. The Labute approximate surface area is 192 Å². The molecule has 1 spiro atoms. The van der Waals surface area contributed by atoms with E-state index in [1.165, 1.54) is 24.3 Å². The fourth-order valence-electron chi connectivity index (χ4n) is 4.30. The maximum absolute atomic E-state index is 13.7. The summed E-state index contributed by atoms with van der Waals surface area (Å²) in [6, 6.07) is 5.09. The molecule has 0 unspecified atom stereocenters. The lowest BCUT2D eigenvalue weighted by Gasteiger charge is -2.20. The van der Waals surface area contributed by atoms with E-state index in [-0.39, 0.29) is 31.1 Å². The standard InChI is InChI=1S/C21H21ClF3N5O3/c22-13-4-6-14(7-5-13)30-16(21(23,24)25)15(12-27-30)17(31)26-10-3-11-29-18(32)20(28-19(29)33)8-1-2-9-20/h4-7,12H,1-3,8-11H2,(H,26,31)(H,28,33). The third kappa shape index (κ3) is 4.41. The Morgan fingerprint density at radius 3 is 2.48 bits per heavy atom. The van der Waals surface area contributed by atoms with Crippen molar-refractivity contribution in [3.63, 3.8) is 0 Å². The summed E-state index contributed by atoms with van der Waals surface area (Å²) in [5.41, 5.74) is -2.56. The van der Waals surface area contributed by atoms with Gasteiger partial charge in [-0.1, -0.05) is 24.4 Å². The Bertz CT molecular complexity index is 1080. The summed E-state index contributed by atoms with van der Waals surface area (Å²) in [6.07, 6.45) is -0.853.